The van der Waals surface area contributed by atoms with Gasteiger partial charge < -0.3 is 10.1 Å². The van der Waals surface area contributed by atoms with Gasteiger partial charge in [-0.2, -0.15) is 0 Å². The Morgan fingerprint density at radius 2 is 2.18 bits per heavy atom. The maximum Gasteiger partial charge on any atom is 0.230 e. The van der Waals surface area contributed by atoms with Crippen molar-refractivity contribution in [2.45, 2.75) is 69.3 Å². The van der Waals surface area contributed by atoms with Crippen LogP contribution >= 0.6 is 23.1 Å². The average Bonchev–Trinajstić information content (AvgIpc) is 3.44. The van der Waals surface area contributed by atoms with Crippen LogP contribution < -0.4 is 5.32 Å². The fraction of sp³-hybridized carbons (Fsp3) is 0.650. The largest absolute Gasteiger partial charge is 0.376 e. The molecule has 28 heavy (non-hydrogen) atoms. The Kier molecular flexibility index (Phi) is 6.69. The molecule has 152 valence electrons. The van der Waals surface area contributed by atoms with Gasteiger partial charge in [-0.3, -0.25) is 9.36 Å². The number of amides is 1. The molecule has 2 aromatic heterocycles. The van der Waals surface area contributed by atoms with Crippen molar-refractivity contribution in [1.29, 1.82) is 0 Å². The van der Waals surface area contributed by atoms with Crippen molar-refractivity contribution < 1.29 is 9.53 Å². The Balaban J connectivity index is 1.39. The molecule has 0 spiro atoms. The normalized spacial score (nSPS) is 25.1. The van der Waals surface area contributed by atoms with Gasteiger partial charge in [-0.15, -0.1) is 21.5 Å². The van der Waals surface area contributed by atoms with Gasteiger partial charge in [0.1, 0.15) is 0 Å². The minimum absolute atomic E-state index is 0.0916. The summed E-state index contributed by atoms with van der Waals surface area (Å²) in [6, 6.07) is 4.41. The summed E-state index contributed by atoms with van der Waals surface area (Å²) < 4.78 is 7.95. The molecule has 0 radical (unpaired) electrons. The Hall–Kier alpha value is -1.38. The van der Waals surface area contributed by atoms with Gasteiger partial charge in [-0.1, -0.05) is 24.8 Å². The van der Waals surface area contributed by atoms with E-state index in [2.05, 4.69) is 33.1 Å². The van der Waals surface area contributed by atoms with Crippen molar-refractivity contribution in [2.24, 2.45) is 5.92 Å². The smallest absolute Gasteiger partial charge is 0.230 e. The lowest BCUT2D eigenvalue weighted by Gasteiger charge is -2.26. The van der Waals surface area contributed by atoms with Crippen LogP contribution in [0, 0.1) is 5.92 Å². The zero-order valence-electron chi connectivity index (χ0n) is 16.3. The van der Waals surface area contributed by atoms with Crippen molar-refractivity contribution in [3.8, 4) is 10.7 Å². The third-order valence-electron chi connectivity index (χ3n) is 5.58. The molecule has 2 fully saturated rings. The van der Waals surface area contributed by atoms with E-state index in [0.29, 0.717) is 11.8 Å². The molecule has 0 aromatic carbocycles. The fourth-order valence-corrected chi connectivity index (χ4v) is 5.42. The summed E-state index contributed by atoms with van der Waals surface area (Å²) >= 11 is 3.13. The molecule has 1 saturated carbocycles. The lowest BCUT2D eigenvalue weighted by molar-refractivity contribution is -0.119. The molecule has 3 heterocycles. The maximum absolute atomic E-state index is 12.4. The van der Waals surface area contributed by atoms with Crippen LogP contribution in [0.25, 0.3) is 10.7 Å². The molecule has 1 amide bonds. The second-order valence-electron chi connectivity index (χ2n) is 7.84. The number of carbonyl (C=O) groups is 1. The summed E-state index contributed by atoms with van der Waals surface area (Å²) in [5, 5.41) is 14.8. The minimum Gasteiger partial charge on any atom is -0.376 e. The van der Waals surface area contributed by atoms with Crippen LogP contribution in [0.1, 0.15) is 45.4 Å². The van der Waals surface area contributed by atoms with Crippen LogP contribution in [0.5, 0.6) is 0 Å². The molecule has 0 bridgehead atoms. The lowest BCUT2D eigenvalue weighted by Crippen LogP contribution is -2.38. The number of thiophene rings is 1. The Morgan fingerprint density at radius 1 is 1.32 bits per heavy atom. The first-order valence-corrected chi connectivity index (χ1v) is 12.1. The predicted molar refractivity (Wildman–Crippen MR) is 113 cm³/mol. The Bertz CT molecular complexity index is 763. The van der Waals surface area contributed by atoms with Crippen molar-refractivity contribution in [3.63, 3.8) is 0 Å². The average molecular weight is 421 g/mol. The van der Waals surface area contributed by atoms with Crippen LogP contribution in [0.4, 0.5) is 0 Å². The van der Waals surface area contributed by atoms with Gasteiger partial charge in [-0.05, 0) is 55.9 Å². The highest BCUT2D eigenvalue weighted by molar-refractivity contribution is 7.99. The van der Waals surface area contributed by atoms with Gasteiger partial charge in [0.25, 0.3) is 0 Å². The molecule has 1 N–H and O–H groups in total. The third-order valence-corrected chi connectivity index (χ3v) is 7.41. The van der Waals surface area contributed by atoms with Gasteiger partial charge in [0.2, 0.25) is 5.91 Å². The van der Waals surface area contributed by atoms with Crippen molar-refractivity contribution in [1.82, 2.24) is 20.1 Å². The number of nitrogens with zero attached hydrogens (tertiary/aromatic N) is 3. The van der Waals surface area contributed by atoms with Crippen LogP contribution in [-0.2, 0) is 16.1 Å². The molecular weight excluding hydrogens is 392 g/mol. The Labute approximate surface area is 174 Å². The number of nitrogens with one attached hydrogen (secondary N) is 1. The second-order valence-corrected chi connectivity index (χ2v) is 9.73. The highest BCUT2D eigenvalue weighted by Gasteiger charge is 2.23. The number of thioether (sulfide) groups is 1. The molecule has 8 heteroatoms. The van der Waals surface area contributed by atoms with E-state index in [4.69, 9.17) is 4.74 Å². The maximum atomic E-state index is 12.4. The molecule has 1 aliphatic heterocycles. The summed E-state index contributed by atoms with van der Waals surface area (Å²) in [7, 11) is 0. The van der Waals surface area contributed by atoms with Gasteiger partial charge in [0.15, 0.2) is 11.0 Å². The summed E-state index contributed by atoms with van der Waals surface area (Å²) in [5.74, 6) is 2.12. The first kappa shape index (κ1) is 19.9. The van der Waals surface area contributed by atoms with E-state index < -0.39 is 0 Å². The van der Waals surface area contributed by atoms with Gasteiger partial charge in [-0.25, -0.2) is 0 Å². The molecule has 1 unspecified atom stereocenters. The summed E-state index contributed by atoms with van der Waals surface area (Å²) in [6.07, 6.45) is 6.96. The topological polar surface area (TPSA) is 69.0 Å². The molecular formula is C20H28N4O2S2. The van der Waals surface area contributed by atoms with E-state index in [1.165, 1.54) is 24.6 Å². The van der Waals surface area contributed by atoms with Gasteiger partial charge in [0.05, 0.1) is 23.3 Å². The van der Waals surface area contributed by atoms with E-state index in [0.717, 1.165) is 60.6 Å². The summed E-state index contributed by atoms with van der Waals surface area (Å²) in [4.78, 5) is 13.5. The van der Waals surface area contributed by atoms with E-state index in [1.807, 2.05) is 11.4 Å². The molecule has 2 aromatic rings. The molecule has 2 aliphatic rings. The predicted octanol–water partition coefficient (Wildman–Crippen LogP) is 3.97. The number of carbonyl (C=O) groups excluding carboxylic acids is 1. The highest BCUT2D eigenvalue weighted by atomic mass is 32.2. The number of rotatable bonds is 7. The van der Waals surface area contributed by atoms with Crippen molar-refractivity contribution in [3.05, 3.63) is 17.5 Å². The first-order valence-electron chi connectivity index (χ1n) is 10.2. The number of ether oxygens (including phenoxy) is 1. The van der Waals surface area contributed by atoms with E-state index in [-0.39, 0.29) is 12.0 Å². The fourth-order valence-electron chi connectivity index (χ4n) is 3.94. The third kappa shape index (κ3) is 4.96. The molecule has 6 nitrogen and oxygen atoms in total. The van der Waals surface area contributed by atoms with Crippen molar-refractivity contribution in [2.75, 3.05) is 12.4 Å². The quantitative estimate of drug-likeness (QED) is 0.687. The first-order chi connectivity index (χ1) is 13.7. The zero-order valence-corrected chi connectivity index (χ0v) is 17.9. The van der Waals surface area contributed by atoms with Crippen LogP contribution in [0.2, 0.25) is 0 Å². The molecule has 1 aliphatic carbocycles. The van der Waals surface area contributed by atoms with E-state index in [1.54, 1.807) is 11.3 Å². The van der Waals surface area contributed by atoms with E-state index >= 15 is 0 Å². The monoisotopic (exact) mass is 420 g/mol. The highest BCUT2D eigenvalue weighted by Crippen LogP contribution is 2.29. The molecule has 4 rings (SSSR count). The van der Waals surface area contributed by atoms with Gasteiger partial charge in [0, 0.05) is 12.6 Å². The van der Waals surface area contributed by atoms with Crippen LogP contribution in [-0.4, -0.2) is 45.2 Å². The minimum atomic E-state index is 0.0916. The van der Waals surface area contributed by atoms with Gasteiger partial charge >= 0.3 is 0 Å². The molecule has 1 saturated heterocycles. The summed E-state index contributed by atoms with van der Waals surface area (Å²) in [5.41, 5.74) is 0. The number of hydrogen-bond donors (Lipinski definition) is 1. The second kappa shape index (κ2) is 9.41. The van der Waals surface area contributed by atoms with Crippen LogP contribution in [0.3, 0.4) is 0 Å². The molecule has 1 atom stereocenters. The summed E-state index contributed by atoms with van der Waals surface area (Å²) in [6.45, 7) is 3.86. The number of hydrogen-bond acceptors (Lipinski definition) is 6. The lowest BCUT2D eigenvalue weighted by atomic mass is 9.87. The Morgan fingerprint density at radius 3 is 2.89 bits per heavy atom. The number of aromatic nitrogens is 3. The van der Waals surface area contributed by atoms with Crippen molar-refractivity contribution >= 4 is 29.0 Å². The standard InChI is InChI=1S/C20H28N4O2S2/c1-14-6-8-15(9-7-14)21-18(25)13-28-20-23-22-19(17-5-3-11-27-17)24(20)12-16-4-2-10-26-16/h3,5,11,14-16H,2,4,6-10,12-13H2,1H3,(H,21,25). The zero-order chi connectivity index (χ0) is 19.3. The van der Waals surface area contributed by atoms with Crippen LogP contribution in [0.15, 0.2) is 22.7 Å². The van der Waals surface area contributed by atoms with E-state index in [9.17, 15) is 4.79 Å². The SMILES string of the molecule is CC1CCC(NC(=O)CSc2nnc(-c3cccs3)n2CC2CCCO2)CC1.